The molecule has 3 heterocycles. The van der Waals surface area contributed by atoms with E-state index in [-0.39, 0.29) is 0 Å². The topological polar surface area (TPSA) is 8.29 Å². The quantitative estimate of drug-likeness (QED) is 0.569. The number of nitrogens with zero attached hydrogens (tertiary/aromatic N) is 2. The number of thiophene rings is 1. The Balaban J connectivity index is 2.56. The summed E-state index contributed by atoms with van der Waals surface area (Å²) >= 11 is 1.87. The maximum Gasteiger partial charge on any atom is 0.261 e. The van der Waals surface area contributed by atoms with Gasteiger partial charge < -0.3 is 0 Å². The summed E-state index contributed by atoms with van der Waals surface area (Å²) in [6.07, 6.45) is 3.25. The Morgan fingerprint density at radius 1 is 1.38 bits per heavy atom. The molecule has 0 bridgehead atoms. The molecule has 0 unspecified atom stereocenters. The van der Waals surface area contributed by atoms with Gasteiger partial charge in [0.05, 0.1) is 11.7 Å². The number of fused-ring (bicyclic) bond motifs is 3. The first-order valence-electron chi connectivity index (χ1n) is 5.60. The van der Waals surface area contributed by atoms with Gasteiger partial charge in [-0.05, 0) is 25.1 Å². The van der Waals surface area contributed by atoms with Crippen molar-refractivity contribution in [2.45, 2.75) is 20.3 Å². The Morgan fingerprint density at radius 3 is 2.94 bits per heavy atom. The van der Waals surface area contributed by atoms with Crippen molar-refractivity contribution < 1.29 is 4.57 Å². The Bertz CT molecular complexity index is 676. The highest BCUT2D eigenvalue weighted by molar-refractivity contribution is 7.18. The van der Waals surface area contributed by atoms with Crippen molar-refractivity contribution in [3.8, 4) is 0 Å². The molecule has 0 aliphatic carbocycles. The van der Waals surface area contributed by atoms with Crippen LogP contribution >= 0.6 is 11.3 Å². The van der Waals surface area contributed by atoms with Crippen molar-refractivity contribution >= 4 is 27.1 Å². The van der Waals surface area contributed by atoms with Crippen LogP contribution in [0.2, 0.25) is 0 Å². The number of aromatic nitrogens is 2. The maximum absolute atomic E-state index is 2.37. The lowest BCUT2D eigenvalue weighted by Gasteiger charge is -1.94. The smallest absolute Gasteiger partial charge is 0.236 e. The van der Waals surface area contributed by atoms with Crippen molar-refractivity contribution in [2.24, 2.45) is 7.05 Å². The van der Waals surface area contributed by atoms with E-state index in [0.717, 1.165) is 6.42 Å². The first-order chi connectivity index (χ1) is 7.70. The lowest BCUT2D eigenvalue weighted by molar-refractivity contribution is -0.677. The zero-order chi connectivity index (χ0) is 11.3. The van der Waals surface area contributed by atoms with Gasteiger partial charge in [0.15, 0.2) is 11.0 Å². The molecule has 3 heteroatoms. The summed E-state index contributed by atoms with van der Waals surface area (Å²) in [4.78, 5) is 1.38. The van der Waals surface area contributed by atoms with E-state index in [4.69, 9.17) is 0 Å². The second kappa shape index (κ2) is 3.32. The van der Waals surface area contributed by atoms with Gasteiger partial charge in [0.25, 0.3) is 5.82 Å². The summed E-state index contributed by atoms with van der Waals surface area (Å²) in [5.74, 6) is 1.36. The molecule has 0 aromatic carbocycles. The molecule has 16 heavy (non-hydrogen) atoms. The second-order valence-corrected chi connectivity index (χ2v) is 5.50. The third kappa shape index (κ3) is 1.21. The number of rotatable bonds is 1. The highest BCUT2D eigenvalue weighted by Gasteiger charge is 2.17. The molecule has 0 saturated carbocycles. The minimum Gasteiger partial charge on any atom is -0.236 e. The Kier molecular flexibility index (Phi) is 2.04. The molecular weight excluding hydrogens is 216 g/mol. The van der Waals surface area contributed by atoms with Gasteiger partial charge in [-0.1, -0.05) is 6.92 Å². The Labute approximate surface area is 98.8 Å². The predicted octanol–water partition coefficient (Wildman–Crippen LogP) is 2.85. The molecule has 0 spiro atoms. The molecule has 0 N–H and O–H groups in total. The Morgan fingerprint density at radius 2 is 2.19 bits per heavy atom. The van der Waals surface area contributed by atoms with Gasteiger partial charge >= 0.3 is 0 Å². The molecule has 3 aromatic rings. The average Bonchev–Trinajstić information content (AvgIpc) is 2.75. The van der Waals surface area contributed by atoms with Gasteiger partial charge in [-0.2, -0.15) is 4.40 Å². The van der Waals surface area contributed by atoms with Gasteiger partial charge in [0, 0.05) is 11.3 Å². The van der Waals surface area contributed by atoms with Gasteiger partial charge in [0.1, 0.15) is 6.20 Å². The zero-order valence-corrected chi connectivity index (χ0v) is 10.6. The van der Waals surface area contributed by atoms with Gasteiger partial charge in [-0.25, -0.2) is 4.57 Å². The molecular formula is C13H15N2S+. The van der Waals surface area contributed by atoms with Crippen molar-refractivity contribution in [2.75, 3.05) is 0 Å². The van der Waals surface area contributed by atoms with Crippen LogP contribution < -0.4 is 4.57 Å². The molecule has 0 aliphatic rings. The van der Waals surface area contributed by atoms with Crippen LogP contribution in [0.3, 0.4) is 0 Å². The van der Waals surface area contributed by atoms with E-state index in [0.29, 0.717) is 0 Å². The van der Waals surface area contributed by atoms with Crippen LogP contribution in [0, 0.1) is 6.92 Å². The van der Waals surface area contributed by atoms with Crippen LogP contribution in [0.4, 0.5) is 0 Å². The summed E-state index contributed by atoms with van der Waals surface area (Å²) in [7, 11) is 2.12. The normalized spacial score (nSPS) is 11.7. The summed E-state index contributed by atoms with van der Waals surface area (Å²) in [5.41, 5.74) is 2.63. The van der Waals surface area contributed by atoms with Crippen molar-refractivity contribution in [1.29, 1.82) is 0 Å². The molecule has 0 atom stereocenters. The van der Waals surface area contributed by atoms with Gasteiger partial charge in [-0.15, -0.1) is 11.3 Å². The van der Waals surface area contributed by atoms with Crippen molar-refractivity contribution in [3.63, 3.8) is 0 Å². The van der Waals surface area contributed by atoms with E-state index in [1.165, 1.54) is 26.4 Å². The second-order valence-electron chi connectivity index (χ2n) is 4.21. The number of pyridine rings is 1. The molecule has 82 valence electrons. The minimum atomic E-state index is 1.05. The van der Waals surface area contributed by atoms with Crippen LogP contribution in [0.5, 0.6) is 0 Å². The predicted molar refractivity (Wildman–Crippen MR) is 68.1 cm³/mol. The van der Waals surface area contributed by atoms with E-state index in [2.05, 4.69) is 54.3 Å². The standard InChI is InChI=1S/C13H15N2S/c1-4-13-14(3)8-10-5-6-12-11(15(10)13)7-9(2)16-12/h5-8H,4H2,1-3H3/q+1. The van der Waals surface area contributed by atoms with E-state index >= 15 is 0 Å². The highest BCUT2D eigenvalue weighted by Crippen LogP contribution is 2.26. The van der Waals surface area contributed by atoms with E-state index in [9.17, 15) is 0 Å². The SMILES string of the molecule is CCc1n2c(ccc3sc(C)cc32)c[n+]1C. The van der Waals surface area contributed by atoms with Gasteiger partial charge in [0.2, 0.25) is 0 Å². The third-order valence-corrected chi connectivity index (χ3v) is 4.08. The highest BCUT2D eigenvalue weighted by atomic mass is 32.1. The fourth-order valence-corrected chi connectivity index (χ4v) is 3.32. The monoisotopic (exact) mass is 231 g/mol. The Hall–Kier alpha value is -1.35. The lowest BCUT2D eigenvalue weighted by atomic mass is 10.3. The largest absolute Gasteiger partial charge is 0.261 e. The summed E-state index contributed by atoms with van der Waals surface area (Å²) < 4.78 is 5.97. The zero-order valence-electron chi connectivity index (χ0n) is 9.82. The number of aryl methyl sites for hydroxylation is 3. The van der Waals surface area contributed by atoms with E-state index in [1.807, 2.05) is 11.3 Å². The molecule has 0 saturated heterocycles. The van der Waals surface area contributed by atoms with E-state index in [1.54, 1.807) is 0 Å². The van der Waals surface area contributed by atoms with Crippen LogP contribution in [-0.4, -0.2) is 4.40 Å². The average molecular weight is 231 g/mol. The van der Waals surface area contributed by atoms with Crippen molar-refractivity contribution in [1.82, 2.24) is 4.40 Å². The fraction of sp³-hybridized carbons (Fsp3) is 0.308. The summed E-state index contributed by atoms with van der Waals surface area (Å²) in [6, 6.07) is 6.71. The summed E-state index contributed by atoms with van der Waals surface area (Å²) in [5, 5.41) is 0. The first-order valence-corrected chi connectivity index (χ1v) is 6.41. The first kappa shape index (κ1) is 9.85. The van der Waals surface area contributed by atoms with Crippen LogP contribution in [0.1, 0.15) is 17.6 Å². The molecule has 3 aromatic heterocycles. The molecule has 2 nitrogen and oxygen atoms in total. The number of hydrogen-bond donors (Lipinski definition) is 0. The third-order valence-electron chi connectivity index (χ3n) is 3.08. The molecule has 0 radical (unpaired) electrons. The number of hydrogen-bond acceptors (Lipinski definition) is 1. The van der Waals surface area contributed by atoms with Crippen LogP contribution in [0.25, 0.3) is 15.7 Å². The molecule has 3 rings (SSSR count). The van der Waals surface area contributed by atoms with E-state index < -0.39 is 0 Å². The van der Waals surface area contributed by atoms with Crippen LogP contribution in [0.15, 0.2) is 24.4 Å². The van der Waals surface area contributed by atoms with Crippen LogP contribution in [-0.2, 0) is 13.5 Å². The fourth-order valence-electron chi connectivity index (χ4n) is 2.41. The summed E-state index contributed by atoms with van der Waals surface area (Å²) in [6.45, 7) is 4.38. The van der Waals surface area contributed by atoms with Gasteiger partial charge in [-0.3, -0.25) is 0 Å². The molecule has 0 amide bonds. The molecule has 0 aliphatic heterocycles. The number of imidazole rings is 1. The van der Waals surface area contributed by atoms with Crippen molar-refractivity contribution in [3.05, 3.63) is 35.1 Å². The minimum absolute atomic E-state index is 1.05. The molecule has 0 fully saturated rings. The lowest BCUT2D eigenvalue weighted by Crippen LogP contribution is -2.30. The maximum atomic E-state index is 2.37.